The summed E-state index contributed by atoms with van der Waals surface area (Å²) < 4.78 is 171. The maximum absolute atomic E-state index is 16.0. The molecule has 0 unspecified atom stereocenters. The number of thioether (sulfide) groups is 2. The quantitative estimate of drug-likeness (QED) is 0.0142. The van der Waals surface area contributed by atoms with Gasteiger partial charge in [-0.15, -0.1) is 5.10 Å². The number of hydrogen-bond donors (Lipinski definition) is 4. The molecular formula is C63H70Cs2F12N14O11S2Si. The minimum Gasteiger partial charge on any atom is -1.00 e. The van der Waals surface area contributed by atoms with E-state index in [0.717, 1.165) is 58.9 Å². The molecule has 0 radical (unpaired) electrons. The molecule has 560 valence electrons. The Morgan fingerprint density at radius 1 is 0.790 bits per heavy atom. The van der Waals surface area contributed by atoms with Gasteiger partial charge in [0.05, 0.1) is 35.9 Å². The van der Waals surface area contributed by atoms with Crippen LogP contribution in [0.4, 0.5) is 57.5 Å². The Hall–Kier alpha value is -4.89. The number of carbonyl (C=O) groups is 4. The van der Waals surface area contributed by atoms with Gasteiger partial charge in [-0.3, -0.25) is 24.4 Å². The number of carbonyl (C=O) groups excluding carboxylic acids is 4. The molecule has 2 fully saturated rings. The first-order valence-corrected chi connectivity index (χ1v) is 36.0. The summed E-state index contributed by atoms with van der Waals surface area (Å²) in [4.78, 5) is 88.0. The topological polar surface area (TPSA) is 331 Å². The second-order valence-corrected chi connectivity index (χ2v) is 33.9. The summed E-state index contributed by atoms with van der Waals surface area (Å²) in [5.74, 6) is -13.2. The third-order valence-electron chi connectivity index (χ3n) is 15.8. The molecule has 2 saturated carbocycles. The number of fused-ring (bicyclic) bond motifs is 3. The summed E-state index contributed by atoms with van der Waals surface area (Å²) in [5.41, 5.74) is 3.93. The normalized spacial score (nSPS) is 21.0. The number of aliphatic hydroxyl groups excluding tert-OH is 1. The number of ether oxygens (including phenoxy) is 3. The van der Waals surface area contributed by atoms with Crippen molar-refractivity contribution in [2.24, 2.45) is 27.6 Å². The second-order valence-electron chi connectivity index (χ2n) is 25.7. The maximum atomic E-state index is 16.0. The number of aromatic nitrogens is 8. The van der Waals surface area contributed by atoms with Crippen LogP contribution in [0.15, 0.2) is 89.5 Å². The van der Waals surface area contributed by atoms with Gasteiger partial charge in [-0.25, -0.2) is 69.7 Å². The zero-order valence-corrected chi connectivity index (χ0v) is 73.6. The maximum Gasteiger partial charge on any atom is 1.00 e. The molecule has 0 spiro atoms. The fraction of sp³-hybridized carbons (Fsp3) is 0.444. The molecule has 105 heavy (non-hydrogen) atoms. The number of nitrogens with one attached hydrogen (secondary N) is 2. The molecule has 25 nitrogen and oxygen atoms in total. The molecule has 5 N–H and O–H groups in total. The molecule has 2 aliphatic carbocycles. The van der Waals surface area contributed by atoms with Crippen LogP contribution in [0.5, 0.6) is 11.8 Å². The van der Waals surface area contributed by atoms with Crippen molar-refractivity contribution in [1.29, 1.82) is 0 Å². The van der Waals surface area contributed by atoms with E-state index in [9.17, 15) is 58.3 Å². The molecule has 3 amide bonds. The Bertz CT molecular complexity index is 4190. The van der Waals surface area contributed by atoms with Crippen molar-refractivity contribution in [1.82, 2.24) is 55.6 Å². The van der Waals surface area contributed by atoms with Crippen LogP contribution < -0.4 is 169 Å². The molecule has 4 aliphatic rings. The van der Waals surface area contributed by atoms with Gasteiger partial charge in [0.25, 0.3) is 12.4 Å². The van der Waals surface area contributed by atoms with Crippen LogP contribution in [0.2, 0.25) is 25.7 Å². The smallest absolute Gasteiger partial charge is 1.00 e. The first kappa shape index (κ1) is 90.7. The fourth-order valence-electron chi connectivity index (χ4n) is 10.3. The molecule has 10 rings (SSSR count). The van der Waals surface area contributed by atoms with Gasteiger partial charge in [0, 0.05) is 57.9 Å². The number of benzene rings is 2. The van der Waals surface area contributed by atoms with E-state index in [0.29, 0.717) is 36.2 Å². The average Bonchev–Trinajstić information content (AvgIpc) is 1.53. The van der Waals surface area contributed by atoms with Gasteiger partial charge in [0.1, 0.15) is 57.0 Å². The number of pyridine rings is 1. The summed E-state index contributed by atoms with van der Waals surface area (Å²) in [6.07, 6.45) is 0.296. The number of alkyl halides is 8. The van der Waals surface area contributed by atoms with Crippen LogP contribution in [0.1, 0.15) is 82.5 Å². The van der Waals surface area contributed by atoms with E-state index in [2.05, 4.69) is 80.1 Å². The number of amidine groups is 2. The van der Waals surface area contributed by atoms with Gasteiger partial charge in [-0.05, 0) is 118 Å². The first-order valence-electron chi connectivity index (χ1n) is 30.6. The van der Waals surface area contributed by atoms with Crippen LogP contribution in [0.25, 0.3) is 35.0 Å². The zero-order valence-electron chi connectivity index (χ0n) is 59.4. The van der Waals surface area contributed by atoms with Crippen LogP contribution in [-0.2, 0) is 39.8 Å². The Labute approximate surface area is 721 Å². The summed E-state index contributed by atoms with van der Waals surface area (Å²) >= 11 is 2.28. The first-order chi connectivity index (χ1) is 48.2. The monoisotopic (exact) mass is 1780 g/mol. The van der Waals surface area contributed by atoms with Crippen LogP contribution in [0.3, 0.4) is 0 Å². The van der Waals surface area contributed by atoms with Gasteiger partial charge < -0.3 is 52.1 Å². The fourth-order valence-corrected chi connectivity index (χ4v) is 14.1. The molecule has 2 aromatic carbocycles. The van der Waals surface area contributed by atoms with Gasteiger partial charge in [0.2, 0.25) is 23.3 Å². The van der Waals surface area contributed by atoms with E-state index in [1.807, 2.05) is 0 Å². The summed E-state index contributed by atoms with van der Waals surface area (Å²) in [7, 11) is 1.59. The molecule has 6 heterocycles. The predicted octanol–water partition coefficient (Wildman–Crippen LogP) is 4.02. The molecule has 6 aromatic rings. The summed E-state index contributed by atoms with van der Waals surface area (Å²) in [6.45, 7) is 11.9. The number of halogens is 12. The molecule has 6 atom stereocenters. The number of amides is 3. The summed E-state index contributed by atoms with van der Waals surface area (Å²) in [5, 5.41) is 29.5. The zero-order chi connectivity index (χ0) is 76.4. The largest absolute Gasteiger partial charge is 1.00 e. The van der Waals surface area contributed by atoms with Gasteiger partial charge in [-0.2, -0.15) is 17.6 Å². The van der Waals surface area contributed by atoms with Crippen LogP contribution >= 0.6 is 23.5 Å². The predicted molar refractivity (Wildman–Crippen MR) is 355 cm³/mol. The van der Waals surface area contributed by atoms with Crippen molar-refractivity contribution in [2.45, 2.75) is 124 Å². The van der Waals surface area contributed by atoms with E-state index in [-0.39, 0.29) is 214 Å². The molecule has 0 bridgehead atoms. The van der Waals surface area contributed by atoms with Crippen molar-refractivity contribution in [3.8, 4) is 11.8 Å². The number of nitrogens with two attached hydrogens (primary N) is 1. The Morgan fingerprint density at radius 2 is 1.30 bits per heavy atom. The standard InChI is InChI=1S/C36H43F2N9O5SSi.C23H21F6N5O2S.C3H4F4O.CH2O3.2Cs.H/c1-34(2,3)51-33(49)46(21-50-14-15-54(6,7)8)32-43-35(4,28-18-36(28,53-32)31(48)39-5)23-16-22(11-12-24(23)37)17-25(38)27-19-42-29(20-41-27)52-47-30-26(44-45-47)10-9-13-40-30;1-21(16-7-22(16,19(35)31-2)37-20(30)34-21)12-5-11(3-4-13(12)24)6-14(25)15-8-33-17(9-32-15)36-10-23(28,29)18(26)27;4-2(5)3(6,7)1-8;2-1-4-3;;;/h9-13,16-17,19-20,28H,14-15,18,21H2,1-8H3,(H,39,48);3-6,8-9,16,18H,7,10H2,1-2H3,(H2,30,34)(H,31,35);2,8H,1H2;1,3H;;;/q;;;;2*+1;-1/p-1/b25-17-;14-6-;;;;;/t28-,35+,36-;16-,21+,22-;;;;;/m00...../s1. The van der Waals surface area contributed by atoms with Crippen LogP contribution in [0, 0.1) is 23.5 Å². The van der Waals surface area contributed by atoms with Crippen LogP contribution in [-0.4, -0.2) is 173 Å². The van der Waals surface area contributed by atoms with E-state index in [4.69, 9.17) is 40.2 Å². The number of aliphatic hydroxyl groups is 1. The summed E-state index contributed by atoms with van der Waals surface area (Å²) in [6, 6.07) is 12.3. The van der Waals surface area contributed by atoms with Crippen molar-refractivity contribution < 1.29 is 245 Å². The molecule has 2 aliphatic heterocycles. The van der Waals surface area contributed by atoms with Crippen molar-refractivity contribution >= 4 is 101 Å². The molecular weight excluding hydrogens is 1710 g/mol. The van der Waals surface area contributed by atoms with E-state index >= 15 is 8.78 Å². The Balaban J connectivity index is 0.000000396. The Morgan fingerprint density at radius 3 is 1.74 bits per heavy atom. The van der Waals surface area contributed by atoms with E-state index < -0.39 is 113 Å². The minimum absolute atomic E-state index is 0. The van der Waals surface area contributed by atoms with Crippen molar-refractivity contribution in [3.63, 3.8) is 0 Å². The second kappa shape index (κ2) is 37.7. The minimum atomic E-state index is -4.38. The van der Waals surface area contributed by atoms with Gasteiger partial charge >= 0.3 is 169 Å². The van der Waals surface area contributed by atoms with Gasteiger partial charge in [0.15, 0.2) is 28.6 Å². The number of nitrogens with zero attached hydrogens (tertiary/aromatic N) is 11. The number of rotatable bonds is 22. The van der Waals surface area contributed by atoms with Gasteiger partial charge in [-0.1, -0.05) is 60.1 Å². The van der Waals surface area contributed by atoms with Crippen molar-refractivity contribution in [3.05, 3.63) is 125 Å². The number of aliphatic imine (C=N–C) groups is 2. The molecule has 0 saturated heterocycles. The van der Waals surface area contributed by atoms with Crippen molar-refractivity contribution in [2.75, 3.05) is 40.6 Å². The molecule has 4 aromatic heterocycles. The molecule has 42 heteroatoms. The third-order valence-corrected chi connectivity index (χ3v) is 20.3. The Kier molecular flexibility index (Phi) is 32.6. The SMILES string of the molecule is CNC(=O)[C@]12C[C@H]1[C@@](C)(c1cc(/C=C(\F)c3cnc(OCC(F)(F)C(F)F)cn3)ccc1F)N=C(N)S2.CNC(=O)[C@]12C[C@H]1[C@@](C)(c1cc(/C=C(\F)c3cnc(On4nnc5cccnc54)cn3)ccc1F)N=C(N(COCC[Si](C)(C)C)C(=O)OC(C)(C)C)S2.O=CO[O-].OCC(F)(F)C(F)F.[Cs+].[Cs+].[H-]. The van der Waals surface area contributed by atoms with E-state index in [1.54, 1.807) is 52.9 Å². The third kappa shape index (κ3) is 22.9. The number of hydrogen-bond acceptors (Lipinski definition) is 23. The average molecular weight is 1790 g/mol. The van der Waals surface area contributed by atoms with E-state index in [1.165, 1.54) is 67.8 Å².